The van der Waals surface area contributed by atoms with Crippen LogP contribution < -0.4 is 0 Å². The second-order valence-corrected chi connectivity index (χ2v) is 4.76. The first-order valence-corrected chi connectivity index (χ1v) is 6.69. The SMILES string of the molecule is COC(=O)Cc1cc(SC)c2cc(F)ccc2c1. The van der Waals surface area contributed by atoms with Crippen molar-refractivity contribution in [2.45, 2.75) is 11.3 Å². The van der Waals surface area contributed by atoms with Gasteiger partial charge in [0.25, 0.3) is 0 Å². The van der Waals surface area contributed by atoms with E-state index in [9.17, 15) is 9.18 Å². The lowest BCUT2D eigenvalue weighted by molar-refractivity contribution is -0.139. The monoisotopic (exact) mass is 264 g/mol. The molecule has 0 amide bonds. The Hall–Kier alpha value is -1.55. The Labute approximate surface area is 109 Å². The molecule has 0 bridgehead atoms. The van der Waals surface area contributed by atoms with Gasteiger partial charge in [0.15, 0.2) is 0 Å². The lowest BCUT2D eigenvalue weighted by Gasteiger charge is -2.08. The highest BCUT2D eigenvalue weighted by molar-refractivity contribution is 7.98. The van der Waals surface area contributed by atoms with Crippen LogP contribution in [0, 0.1) is 5.82 Å². The van der Waals surface area contributed by atoms with E-state index in [0.29, 0.717) is 0 Å². The molecule has 0 N–H and O–H groups in total. The first kappa shape index (κ1) is 12.9. The van der Waals surface area contributed by atoms with Gasteiger partial charge in [0, 0.05) is 4.90 Å². The summed E-state index contributed by atoms with van der Waals surface area (Å²) in [6.45, 7) is 0. The van der Waals surface area contributed by atoms with E-state index in [2.05, 4.69) is 4.74 Å². The van der Waals surface area contributed by atoms with Gasteiger partial charge in [0.2, 0.25) is 0 Å². The number of thioether (sulfide) groups is 1. The minimum Gasteiger partial charge on any atom is -0.469 e. The average molecular weight is 264 g/mol. The Balaban J connectivity index is 2.52. The first-order chi connectivity index (χ1) is 8.63. The predicted molar refractivity (Wildman–Crippen MR) is 71.4 cm³/mol. The summed E-state index contributed by atoms with van der Waals surface area (Å²) in [6.07, 6.45) is 2.17. The molecular weight excluding hydrogens is 251 g/mol. The number of carbonyl (C=O) groups excluding carboxylic acids is 1. The molecule has 0 atom stereocenters. The summed E-state index contributed by atoms with van der Waals surface area (Å²) in [5.74, 6) is -0.526. The molecule has 0 heterocycles. The van der Waals surface area contributed by atoms with Crippen molar-refractivity contribution >= 4 is 28.5 Å². The van der Waals surface area contributed by atoms with Gasteiger partial charge >= 0.3 is 5.97 Å². The van der Waals surface area contributed by atoms with Crippen LogP contribution in [0.2, 0.25) is 0 Å². The van der Waals surface area contributed by atoms with Gasteiger partial charge in [0.05, 0.1) is 13.5 Å². The number of benzene rings is 2. The number of ether oxygens (including phenoxy) is 1. The van der Waals surface area contributed by atoms with Crippen LogP contribution in [0.5, 0.6) is 0 Å². The maximum atomic E-state index is 13.2. The third-order valence-electron chi connectivity index (χ3n) is 2.73. The maximum Gasteiger partial charge on any atom is 0.309 e. The third-order valence-corrected chi connectivity index (χ3v) is 3.51. The van der Waals surface area contributed by atoms with E-state index >= 15 is 0 Å². The molecule has 0 aliphatic carbocycles. The number of hydrogen-bond donors (Lipinski definition) is 0. The number of halogens is 1. The summed E-state index contributed by atoms with van der Waals surface area (Å²) in [4.78, 5) is 12.2. The fraction of sp³-hybridized carbons (Fsp3) is 0.214. The Kier molecular flexibility index (Phi) is 3.87. The smallest absolute Gasteiger partial charge is 0.309 e. The van der Waals surface area contributed by atoms with E-state index in [4.69, 9.17) is 0 Å². The van der Waals surface area contributed by atoms with Gasteiger partial charge < -0.3 is 4.74 Å². The van der Waals surface area contributed by atoms with E-state index < -0.39 is 0 Å². The standard InChI is InChI=1S/C14H13FO2S/c1-17-14(16)7-9-5-10-3-4-11(15)8-12(10)13(6-9)18-2/h3-6,8H,7H2,1-2H3. The van der Waals surface area contributed by atoms with Gasteiger partial charge in [0.1, 0.15) is 5.82 Å². The van der Waals surface area contributed by atoms with Crippen LogP contribution >= 0.6 is 11.8 Å². The van der Waals surface area contributed by atoms with Gasteiger partial charge in [-0.3, -0.25) is 4.79 Å². The summed E-state index contributed by atoms with van der Waals surface area (Å²) in [5, 5.41) is 1.80. The van der Waals surface area contributed by atoms with E-state index in [0.717, 1.165) is 21.2 Å². The number of rotatable bonds is 3. The van der Waals surface area contributed by atoms with Crippen molar-refractivity contribution in [2.75, 3.05) is 13.4 Å². The summed E-state index contributed by atoms with van der Waals surface area (Å²) in [5.41, 5.74) is 0.880. The van der Waals surface area contributed by atoms with Gasteiger partial charge in [-0.1, -0.05) is 12.1 Å². The Bertz CT molecular complexity index is 596. The number of hydrogen-bond acceptors (Lipinski definition) is 3. The van der Waals surface area contributed by atoms with Crippen LogP contribution in [-0.2, 0) is 16.0 Å². The summed E-state index contributed by atoms with van der Waals surface area (Å²) >= 11 is 1.54. The number of fused-ring (bicyclic) bond motifs is 1. The second kappa shape index (κ2) is 5.40. The molecule has 0 saturated carbocycles. The molecule has 4 heteroatoms. The van der Waals surface area contributed by atoms with Crippen molar-refractivity contribution in [3.63, 3.8) is 0 Å². The van der Waals surface area contributed by atoms with Gasteiger partial charge in [-0.2, -0.15) is 0 Å². The van der Waals surface area contributed by atoms with Crippen molar-refractivity contribution in [3.05, 3.63) is 41.7 Å². The van der Waals surface area contributed by atoms with Crippen LogP contribution in [0.3, 0.4) is 0 Å². The zero-order chi connectivity index (χ0) is 13.1. The van der Waals surface area contributed by atoms with Crippen LogP contribution in [0.4, 0.5) is 4.39 Å². The van der Waals surface area contributed by atoms with Gasteiger partial charge in [-0.05, 0) is 40.8 Å². The molecule has 2 aromatic rings. The van der Waals surface area contributed by atoms with Crippen LogP contribution in [0.25, 0.3) is 10.8 Å². The quantitative estimate of drug-likeness (QED) is 0.627. The third kappa shape index (κ3) is 2.64. The summed E-state index contributed by atoms with van der Waals surface area (Å²) < 4.78 is 17.9. The molecule has 0 aromatic heterocycles. The molecular formula is C14H13FO2S. The van der Waals surface area contributed by atoms with E-state index in [1.54, 1.807) is 6.07 Å². The highest BCUT2D eigenvalue weighted by Gasteiger charge is 2.08. The topological polar surface area (TPSA) is 26.3 Å². The minimum atomic E-state index is -0.275. The summed E-state index contributed by atoms with van der Waals surface area (Å²) in [6, 6.07) is 8.47. The molecule has 0 radical (unpaired) electrons. The van der Waals surface area contributed by atoms with Crippen LogP contribution in [0.15, 0.2) is 35.2 Å². The van der Waals surface area contributed by atoms with Crippen molar-refractivity contribution in [2.24, 2.45) is 0 Å². The lowest BCUT2D eigenvalue weighted by atomic mass is 10.0. The van der Waals surface area contributed by atoms with E-state index in [1.165, 1.54) is 31.0 Å². The van der Waals surface area contributed by atoms with Gasteiger partial charge in [-0.15, -0.1) is 11.8 Å². The normalized spacial score (nSPS) is 10.6. The van der Waals surface area contributed by atoms with Gasteiger partial charge in [-0.25, -0.2) is 4.39 Å². The van der Waals surface area contributed by atoms with Crippen molar-refractivity contribution in [1.29, 1.82) is 0 Å². The zero-order valence-electron chi connectivity index (χ0n) is 10.2. The van der Waals surface area contributed by atoms with Crippen LogP contribution in [0.1, 0.15) is 5.56 Å². The molecule has 0 aliphatic rings. The van der Waals surface area contributed by atoms with Crippen molar-refractivity contribution < 1.29 is 13.9 Å². The predicted octanol–water partition coefficient (Wildman–Crippen LogP) is 3.42. The lowest BCUT2D eigenvalue weighted by Crippen LogP contribution is -2.04. The number of esters is 1. The molecule has 0 unspecified atom stereocenters. The Morgan fingerprint density at radius 2 is 2.11 bits per heavy atom. The average Bonchev–Trinajstić information content (AvgIpc) is 2.38. The fourth-order valence-corrected chi connectivity index (χ4v) is 2.53. The van der Waals surface area contributed by atoms with Crippen LogP contribution in [-0.4, -0.2) is 19.3 Å². The molecule has 18 heavy (non-hydrogen) atoms. The van der Waals surface area contributed by atoms with E-state index in [1.807, 2.05) is 18.4 Å². The molecule has 0 fully saturated rings. The largest absolute Gasteiger partial charge is 0.469 e. The van der Waals surface area contributed by atoms with Crippen molar-refractivity contribution in [1.82, 2.24) is 0 Å². The Morgan fingerprint density at radius 3 is 2.78 bits per heavy atom. The maximum absolute atomic E-state index is 13.2. The highest BCUT2D eigenvalue weighted by atomic mass is 32.2. The number of methoxy groups -OCH3 is 1. The molecule has 94 valence electrons. The Morgan fingerprint density at radius 1 is 1.33 bits per heavy atom. The molecule has 0 aliphatic heterocycles. The molecule has 2 rings (SSSR count). The molecule has 2 aromatic carbocycles. The fourth-order valence-electron chi connectivity index (χ4n) is 1.87. The number of carbonyl (C=O) groups is 1. The molecule has 2 nitrogen and oxygen atoms in total. The minimum absolute atomic E-state index is 0.234. The summed E-state index contributed by atoms with van der Waals surface area (Å²) in [7, 11) is 1.37. The molecule has 0 spiro atoms. The van der Waals surface area contributed by atoms with Crippen molar-refractivity contribution in [3.8, 4) is 0 Å². The molecule has 0 saturated heterocycles. The highest BCUT2D eigenvalue weighted by Crippen LogP contribution is 2.29. The first-order valence-electron chi connectivity index (χ1n) is 5.47. The second-order valence-electron chi connectivity index (χ2n) is 3.92. The zero-order valence-corrected chi connectivity index (χ0v) is 11.0. The van der Waals surface area contributed by atoms with E-state index in [-0.39, 0.29) is 18.2 Å².